The number of amides is 1. The first-order valence-corrected chi connectivity index (χ1v) is 20.9. The number of aromatic nitrogens is 4. The van der Waals surface area contributed by atoms with E-state index in [4.69, 9.17) is 34.7 Å². The van der Waals surface area contributed by atoms with Crippen molar-refractivity contribution in [1.82, 2.24) is 19.5 Å². The van der Waals surface area contributed by atoms with Gasteiger partial charge in [0, 0.05) is 0 Å². The average Bonchev–Trinajstić information content (AvgIpc) is 3.94. The molecule has 1 saturated heterocycles. The van der Waals surface area contributed by atoms with Gasteiger partial charge in [-0.25, -0.2) is 19.7 Å². The molecule has 2 unspecified atom stereocenters. The van der Waals surface area contributed by atoms with Gasteiger partial charge >= 0.3 is 11.8 Å². The van der Waals surface area contributed by atoms with Gasteiger partial charge in [-0.05, 0) is 59.5 Å². The Labute approximate surface area is 348 Å². The highest BCUT2D eigenvalue weighted by Crippen LogP contribution is 2.52. The lowest BCUT2D eigenvalue weighted by atomic mass is 9.64. The van der Waals surface area contributed by atoms with Crippen LogP contribution in [-0.2, 0) is 19.4 Å². The van der Waals surface area contributed by atoms with Gasteiger partial charge in [0.25, 0.3) is 8.53 Å². The van der Waals surface area contributed by atoms with Crippen LogP contribution in [0.2, 0.25) is 0 Å². The molecule has 0 aliphatic carbocycles. The summed E-state index contributed by atoms with van der Waals surface area (Å²) in [6.45, 7) is 2.43. The van der Waals surface area contributed by atoms with Crippen LogP contribution in [0.25, 0.3) is 11.2 Å². The van der Waals surface area contributed by atoms with Crippen LogP contribution in [0.4, 0.5) is 5.82 Å². The van der Waals surface area contributed by atoms with Crippen molar-refractivity contribution >= 4 is 37.3 Å². The minimum Gasteiger partial charge on any atom is -0.497 e. The number of hydrogen-bond acceptors (Lipinski definition) is 13. The highest BCUT2D eigenvalue weighted by molar-refractivity contribution is 7.43. The number of fused-ring (bicyclic) bond motifs is 2. The molecule has 0 spiro atoms. The topological polar surface area (TPSA) is 202 Å². The summed E-state index contributed by atoms with van der Waals surface area (Å²) in [5, 5.41) is 13.2. The van der Waals surface area contributed by atoms with Crippen molar-refractivity contribution in [1.29, 1.82) is 0 Å². The molecule has 1 amide bonds. The third-order valence-corrected chi connectivity index (χ3v) is 11.8. The number of carbonyl (C=O) groups is 1. The summed E-state index contributed by atoms with van der Waals surface area (Å²) in [5.74, 6) is 1.24. The first-order chi connectivity index (χ1) is 29.2. The zero-order valence-electron chi connectivity index (χ0n) is 33.4. The largest absolute Gasteiger partial charge is 0.497 e. The minimum atomic E-state index is -2.62. The molecule has 2 aliphatic heterocycles. The molecule has 15 nitrogen and oxygen atoms in total. The molecule has 2 aromatic heterocycles. The number of hydrogen-bond donors (Lipinski definition) is 4. The number of carbonyl (C=O) groups excluding carboxylic acids is 1. The number of ether oxygens (including phenoxy) is 4. The maximum absolute atomic E-state index is 14.8. The van der Waals surface area contributed by atoms with Crippen molar-refractivity contribution in [3.8, 4) is 11.5 Å². The number of nitrogens with zero attached hydrogens (tertiary/aromatic N) is 5. The fourth-order valence-corrected chi connectivity index (χ4v) is 9.06. The molecule has 8 rings (SSSR count). The van der Waals surface area contributed by atoms with Gasteiger partial charge in [-0.15, -0.1) is 4.58 Å². The van der Waals surface area contributed by atoms with Gasteiger partial charge in [-0.3, -0.25) is 10.1 Å². The van der Waals surface area contributed by atoms with Crippen molar-refractivity contribution in [2.24, 2.45) is 5.50 Å². The first-order valence-electron chi connectivity index (χ1n) is 19.7. The maximum atomic E-state index is 14.8. The smallest absolute Gasteiger partial charge is 0.423 e. The Morgan fingerprint density at radius 1 is 0.867 bits per heavy atom. The van der Waals surface area contributed by atoms with E-state index in [-0.39, 0.29) is 11.7 Å². The van der Waals surface area contributed by atoms with Gasteiger partial charge in [-0.1, -0.05) is 86.5 Å². The SMILES string of the molecule is CCCCCOC1=[N+]([C@@H]2[C@H](O)[C@@H](C(OP(N)O)C(c3ccccc3)(c3ccc(OC)cc3)c3ccc(OC)cc3)O[C@H]2n2cnc3c(N)ncnc32)C(=O)c2ccccc21. The summed E-state index contributed by atoms with van der Waals surface area (Å²) in [5.41, 5.74) is 14.9. The molecule has 2 aliphatic rings. The van der Waals surface area contributed by atoms with E-state index in [0.717, 1.165) is 24.8 Å². The quantitative estimate of drug-likeness (QED) is 0.0440. The summed E-state index contributed by atoms with van der Waals surface area (Å²) >= 11 is 0. The monoisotopic (exact) mass is 832 g/mol. The van der Waals surface area contributed by atoms with E-state index < -0.39 is 50.4 Å². The second-order valence-corrected chi connectivity index (χ2v) is 15.4. The summed E-state index contributed by atoms with van der Waals surface area (Å²) < 4.78 is 34.4. The zero-order valence-corrected chi connectivity index (χ0v) is 34.3. The molecule has 16 heteroatoms. The molecule has 0 saturated carbocycles. The molecule has 0 radical (unpaired) electrons. The van der Waals surface area contributed by atoms with Crippen LogP contribution in [0.5, 0.6) is 11.5 Å². The molecular formula is C44H47N7O8P+. The number of methoxy groups -OCH3 is 2. The Morgan fingerprint density at radius 3 is 2.10 bits per heavy atom. The normalized spacial score (nSPS) is 20.0. The Hall–Kier alpha value is -5.80. The average molecular weight is 833 g/mol. The molecule has 0 bridgehead atoms. The van der Waals surface area contributed by atoms with E-state index >= 15 is 0 Å². The zero-order chi connectivity index (χ0) is 42.0. The number of unbranched alkanes of at least 4 members (excludes halogenated alkanes) is 2. The van der Waals surface area contributed by atoms with Gasteiger partial charge in [0.2, 0.25) is 12.3 Å². The van der Waals surface area contributed by atoms with Crippen molar-refractivity contribution in [2.75, 3.05) is 26.6 Å². The Bertz CT molecular complexity index is 2440. The third kappa shape index (κ3) is 7.16. The summed E-state index contributed by atoms with van der Waals surface area (Å²) in [4.78, 5) is 39.1. The molecule has 4 heterocycles. The number of anilines is 1. The second kappa shape index (κ2) is 17.4. The molecule has 4 aromatic carbocycles. The predicted molar refractivity (Wildman–Crippen MR) is 225 cm³/mol. The number of imidazole rings is 1. The minimum absolute atomic E-state index is 0.138. The van der Waals surface area contributed by atoms with Crippen LogP contribution in [0.1, 0.15) is 65.0 Å². The van der Waals surface area contributed by atoms with Crippen LogP contribution in [0.3, 0.4) is 0 Å². The van der Waals surface area contributed by atoms with E-state index in [0.29, 0.717) is 51.5 Å². The summed E-state index contributed by atoms with van der Waals surface area (Å²) in [7, 11) is 0.547. The fraction of sp³-hybridized carbons (Fsp3) is 0.295. The highest BCUT2D eigenvalue weighted by Gasteiger charge is 2.63. The van der Waals surface area contributed by atoms with E-state index in [1.807, 2.05) is 91.0 Å². The van der Waals surface area contributed by atoms with Gasteiger partial charge in [0.05, 0.1) is 32.6 Å². The standard InChI is InChI=1S/C44H46N7O8P/c1-4-5-11-24-57-42-33-15-10-9-14-32(33)41(53)51(42)35-36(52)37(58-43(35)50-26-49-34-39(45)47-25-48-40(34)50)38(59-60(46)54)44(27-12-7-6-8-13-27,28-16-20-30(55-2)21-17-28)29-18-22-31(56-3)23-19-29/h6-10,12-23,25-26,35-38,43,45,52,54H,4-5,11,24,46H2,1-3H3/p+1/t35-,36+,37+,38?,43-,60?/m1/s1. The fourth-order valence-electron chi connectivity index (χ4n) is 8.55. The lowest BCUT2D eigenvalue weighted by Crippen LogP contribution is -2.54. The Morgan fingerprint density at radius 2 is 1.48 bits per heavy atom. The molecule has 6 aromatic rings. The number of nitrogen functional groups attached to an aromatic ring is 1. The molecule has 1 fully saturated rings. The maximum Gasteiger partial charge on any atom is 0.423 e. The van der Waals surface area contributed by atoms with Crippen LogP contribution < -0.4 is 20.7 Å². The molecule has 6 atom stereocenters. The van der Waals surface area contributed by atoms with E-state index in [1.54, 1.807) is 30.9 Å². The van der Waals surface area contributed by atoms with Gasteiger partial charge in [0.1, 0.15) is 52.8 Å². The molecule has 6 N–H and O–H groups in total. The number of aliphatic hydroxyl groups is 1. The van der Waals surface area contributed by atoms with Crippen LogP contribution >= 0.6 is 8.53 Å². The van der Waals surface area contributed by atoms with Gasteiger partial charge < -0.3 is 39.2 Å². The number of aliphatic hydroxyl groups excluding tert-OH is 1. The molecule has 60 heavy (non-hydrogen) atoms. The predicted octanol–water partition coefficient (Wildman–Crippen LogP) is 5.47. The Balaban J connectivity index is 1.39. The van der Waals surface area contributed by atoms with Crippen molar-refractivity contribution in [3.63, 3.8) is 0 Å². The lowest BCUT2D eigenvalue weighted by molar-refractivity contribution is -0.498. The van der Waals surface area contributed by atoms with Crippen LogP contribution in [0, 0.1) is 0 Å². The molecule has 310 valence electrons. The number of benzene rings is 4. The summed E-state index contributed by atoms with van der Waals surface area (Å²) in [6, 6.07) is 30.5. The Kier molecular flexibility index (Phi) is 11.9. The van der Waals surface area contributed by atoms with Gasteiger partial charge in [-0.2, -0.15) is 0 Å². The third-order valence-electron chi connectivity index (χ3n) is 11.3. The van der Waals surface area contributed by atoms with E-state index in [9.17, 15) is 14.8 Å². The van der Waals surface area contributed by atoms with Crippen molar-refractivity contribution in [3.05, 3.63) is 144 Å². The van der Waals surface area contributed by atoms with Crippen molar-refractivity contribution in [2.45, 2.75) is 62.2 Å². The number of nitrogens with two attached hydrogens (primary N) is 2. The lowest BCUT2D eigenvalue weighted by Gasteiger charge is -2.45. The van der Waals surface area contributed by atoms with Crippen molar-refractivity contribution < 1.29 is 42.8 Å². The highest BCUT2D eigenvalue weighted by atomic mass is 31.2. The number of rotatable bonds is 15. The molecular weight excluding hydrogens is 785 g/mol. The van der Waals surface area contributed by atoms with Crippen LogP contribution in [0.15, 0.2) is 116 Å². The summed E-state index contributed by atoms with van der Waals surface area (Å²) in [6.07, 6.45) is 0.137. The van der Waals surface area contributed by atoms with E-state index in [1.165, 1.54) is 17.2 Å². The van der Waals surface area contributed by atoms with E-state index in [2.05, 4.69) is 21.9 Å². The second-order valence-electron chi connectivity index (χ2n) is 14.6. The van der Waals surface area contributed by atoms with Crippen LogP contribution in [-0.4, -0.2) is 91.1 Å². The first kappa shape index (κ1) is 41.0. The van der Waals surface area contributed by atoms with Gasteiger partial charge in [0.15, 0.2) is 11.5 Å².